The summed E-state index contributed by atoms with van der Waals surface area (Å²) in [6.07, 6.45) is 8.96. The Hall–Kier alpha value is -1.42. The number of anilines is 2. The summed E-state index contributed by atoms with van der Waals surface area (Å²) < 4.78 is 0. The number of carbonyl (C=O) groups is 1. The third-order valence-electron chi connectivity index (χ3n) is 4.53. The van der Waals surface area contributed by atoms with Crippen LogP contribution >= 0.6 is 11.8 Å². The van der Waals surface area contributed by atoms with Crippen LogP contribution in [0.5, 0.6) is 0 Å². The summed E-state index contributed by atoms with van der Waals surface area (Å²) in [7, 11) is 0. The third-order valence-corrected chi connectivity index (χ3v) is 5.79. The Morgan fingerprint density at radius 2 is 2.05 bits per heavy atom. The van der Waals surface area contributed by atoms with E-state index >= 15 is 0 Å². The van der Waals surface area contributed by atoms with Crippen molar-refractivity contribution in [3.05, 3.63) is 29.8 Å². The van der Waals surface area contributed by atoms with E-state index in [1.807, 2.05) is 30.0 Å². The van der Waals surface area contributed by atoms with Gasteiger partial charge in [-0.2, -0.15) is 0 Å². The molecule has 1 fully saturated rings. The first-order chi connectivity index (χ1) is 10.6. The average Bonchev–Trinajstić information content (AvgIpc) is 2.97. The standard InChI is InChI=1S/C18H24N2OS/c1-12-7-10-17(22-12)14-8-9-15(19)16(11-14)20-18(21)13-5-3-2-4-6-13/h8-13H,2-7,19H2,1H3,(H,20,21). The molecular weight excluding hydrogens is 292 g/mol. The topological polar surface area (TPSA) is 55.1 Å². The zero-order chi connectivity index (χ0) is 15.5. The van der Waals surface area contributed by atoms with Crippen LogP contribution < -0.4 is 11.1 Å². The minimum atomic E-state index is 0.130. The lowest BCUT2D eigenvalue weighted by atomic mass is 9.88. The van der Waals surface area contributed by atoms with E-state index in [9.17, 15) is 4.79 Å². The monoisotopic (exact) mass is 316 g/mol. The predicted octanol–water partition coefficient (Wildman–Crippen LogP) is 4.65. The van der Waals surface area contributed by atoms with E-state index in [0.717, 1.165) is 43.4 Å². The van der Waals surface area contributed by atoms with Gasteiger partial charge >= 0.3 is 0 Å². The lowest BCUT2D eigenvalue weighted by molar-refractivity contribution is -0.120. The van der Waals surface area contributed by atoms with Gasteiger partial charge in [-0.25, -0.2) is 0 Å². The quantitative estimate of drug-likeness (QED) is 0.798. The molecule has 1 aliphatic heterocycles. The molecule has 3 N–H and O–H groups in total. The Morgan fingerprint density at radius 1 is 1.27 bits per heavy atom. The highest BCUT2D eigenvalue weighted by Gasteiger charge is 2.22. The Balaban J connectivity index is 1.74. The number of amides is 1. The average molecular weight is 316 g/mol. The molecule has 1 heterocycles. The summed E-state index contributed by atoms with van der Waals surface area (Å²) in [5.41, 5.74) is 8.61. The molecule has 1 unspecified atom stereocenters. The smallest absolute Gasteiger partial charge is 0.227 e. The Kier molecular flexibility index (Phi) is 4.77. The fraction of sp³-hybridized carbons (Fsp3) is 0.500. The highest BCUT2D eigenvalue weighted by atomic mass is 32.2. The maximum atomic E-state index is 12.4. The number of hydrogen-bond acceptors (Lipinski definition) is 3. The van der Waals surface area contributed by atoms with Gasteiger partial charge in [-0.3, -0.25) is 4.79 Å². The zero-order valence-corrected chi connectivity index (χ0v) is 13.9. The summed E-state index contributed by atoms with van der Waals surface area (Å²) in [6.45, 7) is 2.23. The molecule has 1 aliphatic carbocycles. The number of benzene rings is 1. The zero-order valence-electron chi connectivity index (χ0n) is 13.1. The molecule has 3 rings (SSSR count). The second-order valence-electron chi connectivity index (χ2n) is 6.36. The normalized spacial score (nSPS) is 22.4. The fourth-order valence-electron chi connectivity index (χ4n) is 3.19. The maximum Gasteiger partial charge on any atom is 0.227 e. The van der Waals surface area contributed by atoms with Crippen LogP contribution in [0.3, 0.4) is 0 Å². The summed E-state index contributed by atoms with van der Waals surface area (Å²) in [4.78, 5) is 13.7. The van der Waals surface area contributed by atoms with Crippen LogP contribution in [-0.4, -0.2) is 11.2 Å². The second-order valence-corrected chi connectivity index (χ2v) is 7.84. The van der Waals surface area contributed by atoms with Crippen LogP contribution in [0.2, 0.25) is 0 Å². The SMILES string of the molecule is CC1CC=C(c2ccc(N)c(NC(=O)C3CCCCC3)c2)S1. The van der Waals surface area contributed by atoms with E-state index < -0.39 is 0 Å². The van der Waals surface area contributed by atoms with E-state index in [0.29, 0.717) is 10.9 Å². The number of carbonyl (C=O) groups excluding carboxylic acids is 1. The number of rotatable bonds is 3. The highest BCUT2D eigenvalue weighted by Crippen LogP contribution is 2.40. The summed E-state index contributed by atoms with van der Waals surface area (Å²) >= 11 is 1.89. The van der Waals surface area contributed by atoms with Gasteiger partial charge in [-0.15, -0.1) is 11.8 Å². The number of nitrogens with two attached hydrogens (primary N) is 1. The van der Waals surface area contributed by atoms with Crippen molar-refractivity contribution in [2.45, 2.75) is 50.7 Å². The number of hydrogen-bond donors (Lipinski definition) is 2. The Morgan fingerprint density at radius 3 is 2.73 bits per heavy atom. The molecule has 2 aliphatic rings. The van der Waals surface area contributed by atoms with Crippen molar-refractivity contribution in [3.8, 4) is 0 Å². The molecular formula is C18H24N2OS. The van der Waals surface area contributed by atoms with Crippen LogP contribution in [0.25, 0.3) is 4.91 Å². The third kappa shape index (κ3) is 3.49. The molecule has 3 nitrogen and oxygen atoms in total. The van der Waals surface area contributed by atoms with Gasteiger partial charge < -0.3 is 11.1 Å². The van der Waals surface area contributed by atoms with E-state index in [-0.39, 0.29) is 11.8 Å². The van der Waals surface area contributed by atoms with Gasteiger partial charge in [-0.05, 0) is 37.0 Å². The molecule has 1 amide bonds. The molecule has 4 heteroatoms. The van der Waals surface area contributed by atoms with Gasteiger partial charge in [0.2, 0.25) is 5.91 Å². The van der Waals surface area contributed by atoms with Crippen molar-refractivity contribution >= 4 is 33.9 Å². The minimum absolute atomic E-state index is 0.130. The lowest BCUT2D eigenvalue weighted by Gasteiger charge is -2.21. The molecule has 0 saturated heterocycles. The highest BCUT2D eigenvalue weighted by molar-refractivity contribution is 8.09. The van der Waals surface area contributed by atoms with Crippen LogP contribution in [0, 0.1) is 5.92 Å². The van der Waals surface area contributed by atoms with E-state index in [4.69, 9.17) is 5.73 Å². The van der Waals surface area contributed by atoms with E-state index in [2.05, 4.69) is 18.3 Å². The first-order valence-corrected chi connectivity index (χ1v) is 9.09. The molecule has 22 heavy (non-hydrogen) atoms. The van der Waals surface area contributed by atoms with Gasteiger partial charge in [0.05, 0.1) is 11.4 Å². The number of nitrogens with one attached hydrogen (secondary N) is 1. The molecule has 0 aromatic heterocycles. The van der Waals surface area contributed by atoms with Crippen LogP contribution in [0.15, 0.2) is 24.3 Å². The molecule has 0 bridgehead atoms. The fourth-order valence-corrected chi connectivity index (χ4v) is 4.27. The predicted molar refractivity (Wildman–Crippen MR) is 95.7 cm³/mol. The summed E-state index contributed by atoms with van der Waals surface area (Å²) in [5, 5.41) is 3.69. The van der Waals surface area contributed by atoms with Gasteiger partial charge in [0.25, 0.3) is 0 Å². The minimum Gasteiger partial charge on any atom is -0.397 e. The molecule has 0 spiro atoms. The number of allylic oxidation sites excluding steroid dienone is 1. The van der Waals surface area contributed by atoms with Crippen LogP contribution in [0.1, 0.15) is 51.0 Å². The molecule has 1 atom stereocenters. The van der Waals surface area contributed by atoms with Crippen LogP contribution in [-0.2, 0) is 4.79 Å². The van der Waals surface area contributed by atoms with Crippen LogP contribution in [0.4, 0.5) is 11.4 Å². The van der Waals surface area contributed by atoms with Crippen molar-refractivity contribution in [2.24, 2.45) is 5.92 Å². The van der Waals surface area contributed by atoms with E-state index in [1.165, 1.54) is 11.3 Å². The first-order valence-electron chi connectivity index (χ1n) is 8.21. The Bertz CT molecular complexity index is 591. The molecule has 1 aromatic rings. The van der Waals surface area contributed by atoms with Crippen molar-refractivity contribution in [1.29, 1.82) is 0 Å². The Labute approximate surface area is 136 Å². The van der Waals surface area contributed by atoms with Gasteiger partial charge in [0.15, 0.2) is 0 Å². The van der Waals surface area contributed by atoms with Crippen molar-refractivity contribution in [1.82, 2.24) is 0 Å². The molecule has 1 saturated carbocycles. The van der Waals surface area contributed by atoms with Crippen molar-refractivity contribution < 1.29 is 4.79 Å². The summed E-state index contributed by atoms with van der Waals surface area (Å²) in [5.74, 6) is 0.280. The lowest BCUT2D eigenvalue weighted by Crippen LogP contribution is -2.25. The van der Waals surface area contributed by atoms with Gasteiger partial charge in [-0.1, -0.05) is 38.3 Å². The molecule has 0 radical (unpaired) electrons. The van der Waals surface area contributed by atoms with Crippen molar-refractivity contribution in [3.63, 3.8) is 0 Å². The first kappa shape index (κ1) is 15.5. The largest absolute Gasteiger partial charge is 0.397 e. The number of nitrogen functional groups attached to an aromatic ring is 1. The molecule has 118 valence electrons. The maximum absolute atomic E-state index is 12.4. The number of thioether (sulfide) groups is 1. The van der Waals surface area contributed by atoms with Crippen molar-refractivity contribution in [2.75, 3.05) is 11.1 Å². The summed E-state index contributed by atoms with van der Waals surface area (Å²) in [6, 6.07) is 5.96. The second kappa shape index (κ2) is 6.78. The van der Waals surface area contributed by atoms with Gasteiger partial charge in [0, 0.05) is 16.1 Å². The molecule has 1 aromatic carbocycles. The van der Waals surface area contributed by atoms with E-state index in [1.54, 1.807) is 0 Å². The van der Waals surface area contributed by atoms with Gasteiger partial charge in [0.1, 0.15) is 0 Å².